The third-order valence-corrected chi connectivity index (χ3v) is 5.94. The van der Waals surface area contributed by atoms with Crippen LogP contribution in [0.2, 0.25) is 0 Å². The maximum Gasteiger partial charge on any atom is 0.240 e. The predicted octanol–water partition coefficient (Wildman–Crippen LogP) is 4.81. The molecule has 0 radical (unpaired) electrons. The normalized spacial score (nSPS) is 10.9. The predicted molar refractivity (Wildman–Crippen MR) is 132 cm³/mol. The van der Waals surface area contributed by atoms with Crippen LogP contribution in [0.1, 0.15) is 29.2 Å². The molecule has 0 aliphatic carbocycles. The summed E-state index contributed by atoms with van der Waals surface area (Å²) in [7, 11) is 1.75. The van der Waals surface area contributed by atoms with Gasteiger partial charge in [-0.25, -0.2) is 4.98 Å². The first-order valence-corrected chi connectivity index (χ1v) is 11.5. The molecule has 0 saturated carbocycles. The van der Waals surface area contributed by atoms with Crippen LogP contribution in [0.5, 0.6) is 0 Å². The highest BCUT2D eigenvalue weighted by Gasteiger charge is 2.15. The van der Waals surface area contributed by atoms with Gasteiger partial charge in [0.05, 0.1) is 18.8 Å². The van der Waals surface area contributed by atoms with Crippen LogP contribution in [0.4, 0.5) is 10.8 Å². The lowest BCUT2D eigenvalue weighted by atomic mass is 9.98. The molecule has 1 aromatic heterocycles. The number of likely N-dealkylation sites (N-methyl/N-ethyl adjacent to an activating group) is 1. The van der Waals surface area contributed by atoms with E-state index >= 15 is 0 Å². The monoisotopic (exact) mass is 450 g/mol. The number of thiazole rings is 1. The van der Waals surface area contributed by atoms with Crippen LogP contribution >= 0.6 is 11.3 Å². The Morgan fingerprint density at radius 1 is 1.00 bits per heavy atom. The zero-order valence-electron chi connectivity index (χ0n) is 19.3. The number of carbonyl (C=O) groups is 2. The second kappa shape index (κ2) is 10.5. The molecule has 0 spiro atoms. The maximum atomic E-state index is 12.5. The Morgan fingerprint density at radius 3 is 2.28 bits per heavy atom. The fourth-order valence-electron chi connectivity index (χ4n) is 3.88. The van der Waals surface area contributed by atoms with Crippen molar-refractivity contribution in [2.24, 2.45) is 0 Å². The molecule has 0 saturated heterocycles. The van der Waals surface area contributed by atoms with Crippen molar-refractivity contribution in [3.8, 4) is 11.3 Å². The van der Waals surface area contributed by atoms with Crippen LogP contribution in [0.25, 0.3) is 11.3 Å². The summed E-state index contributed by atoms with van der Waals surface area (Å²) < 4.78 is 0. The molecule has 7 heteroatoms. The van der Waals surface area contributed by atoms with E-state index in [9.17, 15) is 9.59 Å². The third-order valence-electron chi connectivity index (χ3n) is 5.18. The Labute approximate surface area is 193 Å². The summed E-state index contributed by atoms with van der Waals surface area (Å²) >= 11 is 1.40. The molecule has 3 rings (SSSR count). The largest absolute Gasteiger partial charge is 0.325 e. The van der Waals surface area contributed by atoms with Crippen molar-refractivity contribution in [3.63, 3.8) is 0 Å². The second-order valence-corrected chi connectivity index (χ2v) is 8.95. The fourth-order valence-corrected chi connectivity index (χ4v) is 4.59. The average molecular weight is 451 g/mol. The zero-order chi connectivity index (χ0) is 23.3. The number of aromatic nitrogens is 1. The van der Waals surface area contributed by atoms with Crippen molar-refractivity contribution in [1.82, 2.24) is 9.88 Å². The summed E-state index contributed by atoms with van der Waals surface area (Å²) in [4.78, 5) is 31.1. The number of benzene rings is 2. The van der Waals surface area contributed by atoms with Crippen LogP contribution in [0.15, 0.2) is 41.8 Å². The number of nitrogens with zero attached hydrogens (tertiary/aromatic N) is 2. The molecular weight excluding hydrogens is 420 g/mol. The van der Waals surface area contributed by atoms with Gasteiger partial charge in [0, 0.05) is 16.6 Å². The number of anilines is 2. The van der Waals surface area contributed by atoms with Gasteiger partial charge in [0.25, 0.3) is 0 Å². The molecule has 0 atom stereocenters. The van der Waals surface area contributed by atoms with E-state index in [0.717, 1.165) is 28.9 Å². The van der Waals surface area contributed by atoms with E-state index in [-0.39, 0.29) is 24.9 Å². The van der Waals surface area contributed by atoms with E-state index in [1.165, 1.54) is 28.0 Å². The smallest absolute Gasteiger partial charge is 0.240 e. The van der Waals surface area contributed by atoms with Crippen molar-refractivity contribution in [2.75, 3.05) is 30.8 Å². The minimum atomic E-state index is -0.201. The Kier molecular flexibility index (Phi) is 7.77. The number of hydrogen-bond donors (Lipinski definition) is 2. The molecule has 2 N–H and O–H groups in total. The van der Waals surface area contributed by atoms with Crippen molar-refractivity contribution in [3.05, 3.63) is 64.0 Å². The highest BCUT2D eigenvalue weighted by molar-refractivity contribution is 7.14. The highest BCUT2D eigenvalue weighted by Crippen LogP contribution is 2.31. The number of aryl methyl sites for hydroxylation is 4. The Hall–Kier alpha value is -3.03. The topological polar surface area (TPSA) is 74.3 Å². The van der Waals surface area contributed by atoms with Crippen LogP contribution in [0.3, 0.4) is 0 Å². The molecule has 3 aromatic rings. The van der Waals surface area contributed by atoms with E-state index in [2.05, 4.69) is 48.5 Å². The maximum absolute atomic E-state index is 12.5. The summed E-state index contributed by atoms with van der Waals surface area (Å²) in [6.07, 6.45) is 0.839. The standard InChI is InChI=1S/C25H30N4O2S/c1-6-19-9-7-8-10-20(19)26-22(30)13-29(5)14-23(31)28-25-27-21(15-32-25)24-17(3)11-16(2)12-18(24)4/h7-12,15H,6,13-14H2,1-5H3,(H,26,30)(H,27,28,31). The molecule has 0 aliphatic heterocycles. The lowest BCUT2D eigenvalue weighted by Crippen LogP contribution is -2.36. The number of nitrogens with one attached hydrogen (secondary N) is 2. The van der Waals surface area contributed by atoms with Gasteiger partial charge in [0.1, 0.15) is 0 Å². The Morgan fingerprint density at radius 2 is 1.62 bits per heavy atom. The van der Waals surface area contributed by atoms with Gasteiger partial charge >= 0.3 is 0 Å². The summed E-state index contributed by atoms with van der Waals surface area (Å²) in [6, 6.07) is 12.0. The Bertz CT molecular complexity index is 1100. The molecule has 6 nitrogen and oxygen atoms in total. The molecule has 2 amide bonds. The molecule has 0 aliphatic rings. The first-order chi connectivity index (χ1) is 15.3. The van der Waals surface area contributed by atoms with Crippen molar-refractivity contribution >= 4 is 34.0 Å². The van der Waals surface area contributed by atoms with Crippen LogP contribution in [0, 0.1) is 20.8 Å². The van der Waals surface area contributed by atoms with Gasteiger partial charge < -0.3 is 10.6 Å². The molecule has 2 aromatic carbocycles. The van der Waals surface area contributed by atoms with Crippen LogP contribution in [-0.4, -0.2) is 41.8 Å². The molecule has 0 bridgehead atoms. The first-order valence-electron chi connectivity index (χ1n) is 10.7. The summed E-state index contributed by atoms with van der Waals surface area (Å²) in [5.41, 5.74) is 7.42. The average Bonchev–Trinajstić information content (AvgIpc) is 3.14. The number of hydrogen-bond acceptors (Lipinski definition) is 5. The Balaban J connectivity index is 1.55. The summed E-state index contributed by atoms with van der Waals surface area (Å²) in [5.74, 6) is -0.351. The molecule has 168 valence electrons. The lowest BCUT2D eigenvalue weighted by Gasteiger charge is -2.16. The minimum Gasteiger partial charge on any atom is -0.325 e. The van der Waals surface area contributed by atoms with E-state index in [0.29, 0.717) is 5.13 Å². The fraction of sp³-hybridized carbons (Fsp3) is 0.320. The van der Waals surface area contributed by atoms with E-state index in [4.69, 9.17) is 0 Å². The molecular formula is C25H30N4O2S. The van der Waals surface area contributed by atoms with Gasteiger partial charge in [0.15, 0.2) is 5.13 Å². The molecule has 0 fully saturated rings. The van der Waals surface area contributed by atoms with Gasteiger partial charge in [-0.15, -0.1) is 11.3 Å². The number of para-hydroxylation sites is 1. The number of rotatable bonds is 8. The van der Waals surface area contributed by atoms with Gasteiger partial charge in [-0.3, -0.25) is 14.5 Å². The minimum absolute atomic E-state index is 0.0976. The lowest BCUT2D eigenvalue weighted by molar-refractivity contribution is -0.119. The van der Waals surface area contributed by atoms with Crippen molar-refractivity contribution in [2.45, 2.75) is 34.1 Å². The third kappa shape index (κ3) is 6.02. The SMILES string of the molecule is CCc1ccccc1NC(=O)CN(C)CC(=O)Nc1nc(-c2c(C)cc(C)cc2C)cs1. The summed E-state index contributed by atoms with van der Waals surface area (Å²) in [5, 5.41) is 8.29. The molecule has 0 unspecified atom stereocenters. The van der Waals surface area contributed by atoms with E-state index in [1.807, 2.05) is 36.6 Å². The van der Waals surface area contributed by atoms with Gasteiger partial charge in [-0.1, -0.05) is 42.8 Å². The first kappa shape index (κ1) is 23.6. The van der Waals surface area contributed by atoms with Gasteiger partial charge in [-0.05, 0) is 57.0 Å². The van der Waals surface area contributed by atoms with Crippen LogP contribution in [-0.2, 0) is 16.0 Å². The van der Waals surface area contributed by atoms with E-state index in [1.54, 1.807) is 11.9 Å². The summed E-state index contributed by atoms with van der Waals surface area (Å²) in [6.45, 7) is 8.50. The van der Waals surface area contributed by atoms with Gasteiger partial charge in [-0.2, -0.15) is 0 Å². The van der Waals surface area contributed by atoms with Gasteiger partial charge in [0.2, 0.25) is 11.8 Å². The van der Waals surface area contributed by atoms with Crippen LogP contribution < -0.4 is 10.6 Å². The quantitative estimate of drug-likeness (QED) is 0.517. The molecule has 1 heterocycles. The number of amides is 2. The molecule has 32 heavy (non-hydrogen) atoms. The van der Waals surface area contributed by atoms with Crippen molar-refractivity contribution in [1.29, 1.82) is 0 Å². The highest BCUT2D eigenvalue weighted by atomic mass is 32.1. The second-order valence-electron chi connectivity index (χ2n) is 8.09. The van der Waals surface area contributed by atoms with Crippen molar-refractivity contribution < 1.29 is 9.59 Å². The van der Waals surface area contributed by atoms with E-state index < -0.39 is 0 Å². The zero-order valence-corrected chi connectivity index (χ0v) is 20.1. The number of carbonyl (C=O) groups excluding carboxylic acids is 2.